The van der Waals surface area contributed by atoms with Crippen molar-refractivity contribution in [3.63, 3.8) is 0 Å². The Balaban J connectivity index is 1.62. The summed E-state index contributed by atoms with van der Waals surface area (Å²) in [6, 6.07) is 11.2. The highest BCUT2D eigenvalue weighted by molar-refractivity contribution is 7.23. The molecule has 1 atom stereocenters. The molecule has 1 fully saturated rings. The molecule has 2 aromatic carbocycles. The van der Waals surface area contributed by atoms with E-state index in [4.69, 9.17) is 25.8 Å². The maximum absolute atomic E-state index is 13.2. The molecule has 4 rings (SSSR count). The Morgan fingerprint density at radius 1 is 1.30 bits per heavy atom. The average Bonchev–Trinajstić information content (AvgIpc) is 3.42. The van der Waals surface area contributed by atoms with Crippen molar-refractivity contribution in [3.8, 4) is 11.5 Å². The van der Waals surface area contributed by atoms with Crippen LogP contribution in [0.2, 0.25) is 5.02 Å². The van der Waals surface area contributed by atoms with Gasteiger partial charge in [-0.15, -0.1) is 0 Å². The number of halogens is 1. The van der Waals surface area contributed by atoms with Gasteiger partial charge in [0.05, 0.1) is 29.5 Å². The third-order valence-electron chi connectivity index (χ3n) is 5.05. The first-order chi connectivity index (χ1) is 14.6. The maximum Gasteiger partial charge on any atom is 0.266 e. The fourth-order valence-electron chi connectivity index (χ4n) is 3.44. The highest BCUT2D eigenvalue weighted by atomic mass is 35.5. The zero-order valence-electron chi connectivity index (χ0n) is 16.9. The molecule has 0 N–H and O–H groups in total. The van der Waals surface area contributed by atoms with E-state index < -0.39 is 0 Å². The predicted molar refractivity (Wildman–Crippen MR) is 119 cm³/mol. The largest absolute Gasteiger partial charge is 0.494 e. The maximum atomic E-state index is 13.2. The molecule has 3 aromatic rings. The van der Waals surface area contributed by atoms with E-state index in [1.807, 2.05) is 31.2 Å². The Labute approximate surface area is 184 Å². The summed E-state index contributed by atoms with van der Waals surface area (Å²) in [4.78, 5) is 19.5. The molecule has 6 nitrogen and oxygen atoms in total. The summed E-state index contributed by atoms with van der Waals surface area (Å²) >= 11 is 7.74. The van der Waals surface area contributed by atoms with Gasteiger partial charge in [0.1, 0.15) is 17.0 Å². The van der Waals surface area contributed by atoms with Crippen LogP contribution >= 0.6 is 22.9 Å². The van der Waals surface area contributed by atoms with Crippen LogP contribution in [0.15, 0.2) is 36.4 Å². The van der Waals surface area contributed by atoms with Crippen molar-refractivity contribution in [2.75, 3.05) is 31.8 Å². The molecule has 158 valence electrons. The Kier molecular flexibility index (Phi) is 6.41. The minimum Gasteiger partial charge on any atom is -0.494 e. The molecule has 1 aliphatic heterocycles. The molecule has 1 aromatic heterocycles. The summed E-state index contributed by atoms with van der Waals surface area (Å²) in [6.07, 6.45) is 1.89. The number of methoxy groups -OCH3 is 1. The third-order valence-corrected chi connectivity index (χ3v) is 6.59. The predicted octanol–water partition coefficient (Wildman–Crippen LogP) is 4.86. The highest BCUT2D eigenvalue weighted by Gasteiger charge is 2.27. The summed E-state index contributed by atoms with van der Waals surface area (Å²) < 4.78 is 17.8. The first-order valence-electron chi connectivity index (χ1n) is 9.80. The number of rotatable bonds is 7. The highest BCUT2D eigenvalue weighted by Crippen LogP contribution is 2.39. The van der Waals surface area contributed by atoms with Gasteiger partial charge in [-0.05, 0) is 43.5 Å². The fourth-order valence-corrected chi connectivity index (χ4v) is 4.72. The number of amides is 1. The van der Waals surface area contributed by atoms with Crippen LogP contribution in [0.5, 0.6) is 11.5 Å². The normalized spacial score (nSPS) is 16.0. The third kappa shape index (κ3) is 4.38. The number of anilines is 1. The lowest BCUT2D eigenvalue weighted by atomic mass is 10.2. The quantitative estimate of drug-likeness (QED) is 0.518. The number of nitrogens with zero attached hydrogens (tertiary/aromatic N) is 2. The van der Waals surface area contributed by atoms with Gasteiger partial charge in [-0.3, -0.25) is 9.69 Å². The van der Waals surface area contributed by atoms with E-state index in [1.54, 1.807) is 24.1 Å². The summed E-state index contributed by atoms with van der Waals surface area (Å²) in [5, 5.41) is 1.14. The van der Waals surface area contributed by atoms with Crippen LogP contribution in [0.4, 0.5) is 5.13 Å². The minimum absolute atomic E-state index is 0.0169. The van der Waals surface area contributed by atoms with Gasteiger partial charge in [0.15, 0.2) is 11.7 Å². The van der Waals surface area contributed by atoms with Gasteiger partial charge in [0.25, 0.3) is 5.91 Å². The van der Waals surface area contributed by atoms with Crippen LogP contribution in [0.25, 0.3) is 10.2 Å². The van der Waals surface area contributed by atoms with E-state index in [1.165, 1.54) is 11.3 Å². The van der Waals surface area contributed by atoms with Crippen LogP contribution < -0.4 is 14.4 Å². The van der Waals surface area contributed by atoms with Crippen molar-refractivity contribution in [2.24, 2.45) is 0 Å². The van der Waals surface area contributed by atoms with Crippen molar-refractivity contribution >= 4 is 44.2 Å². The molecule has 1 saturated heterocycles. The Morgan fingerprint density at radius 2 is 2.13 bits per heavy atom. The molecule has 0 saturated carbocycles. The lowest BCUT2D eigenvalue weighted by molar-refractivity contribution is -0.120. The summed E-state index contributed by atoms with van der Waals surface area (Å²) in [5.41, 5.74) is 1.63. The van der Waals surface area contributed by atoms with Gasteiger partial charge < -0.3 is 14.2 Å². The van der Waals surface area contributed by atoms with Crippen molar-refractivity contribution in [1.82, 2.24) is 4.98 Å². The van der Waals surface area contributed by atoms with Crippen molar-refractivity contribution in [2.45, 2.75) is 25.9 Å². The first kappa shape index (κ1) is 20.9. The van der Waals surface area contributed by atoms with Gasteiger partial charge in [-0.1, -0.05) is 41.1 Å². The van der Waals surface area contributed by atoms with E-state index in [0.717, 1.165) is 23.1 Å². The lowest BCUT2D eigenvalue weighted by Gasteiger charge is -2.23. The molecule has 1 amide bonds. The number of para-hydroxylation sites is 1. The van der Waals surface area contributed by atoms with E-state index in [9.17, 15) is 4.79 Å². The lowest BCUT2D eigenvalue weighted by Crippen LogP contribution is -2.40. The van der Waals surface area contributed by atoms with Crippen molar-refractivity contribution < 1.29 is 19.0 Å². The minimum atomic E-state index is -0.178. The van der Waals surface area contributed by atoms with Crippen LogP contribution in [0.3, 0.4) is 0 Å². The van der Waals surface area contributed by atoms with Crippen LogP contribution in [0, 0.1) is 6.92 Å². The molecule has 8 heteroatoms. The second kappa shape index (κ2) is 9.20. The van der Waals surface area contributed by atoms with Gasteiger partial charge in [-0.25, -0.2) is 4.98 Å². The van der Waals surface area contributed by atoms with E-state index in [2.05, 4.69) is 4.98 Å². The second-order valence-electron chi connectivity index (χ2n) is 7.12. The molecular formula is C22H23ClN2O4S. The SMILES string of the molecule is COc1ccc(Cl)c2sc(N(CC3CCCO3)C(=O)COc3ccccc3C)nc12. The monoisotopic (exact) mass is 446 g/mol. The Hall–Kier alpha value is -2.35. The summed E-state index contributed by atoms with van der Waals surface area (Å²) in [7, 11) is 1.59. The number of benzene rings is 2. The van der Waals surface area contributed by atoms with Crippen LogP contribution in [-0.2, 0) is 9.53 Å². The van der Waals surface area contributed by atoms with Gasteiger partial charge in [-0.2, -0.15) is 0 Å². The number of aryl methyl sites for hydroxylation is 1. The second-order valence-corrected chi connectivity index (χ2v) is 8.50. The molecule has 1 unspecified atom stereocenters. The standard InChI is InChI=1S/C22H23ClN2O4S/c1-14-6-3-4-8-17(14)29-13-19(26)25(12-15-7-5-11-28-15)22-24-20-18(27-2)10-9-16(23)21(20)30-22/h3-4,6,8-10,15H,5,7,11-13H2,1-2H3. The van der Waals surface area contributed by atoms with Gasteiger partial charge >= 0.3 is 0 Å². The molecular weight excluding hydrogens is 424 g/mol. The molecule has 0 aliphatic carbocycles. The summed E-state index contributed by atoms with van der Waals surface area (Å²) in [6.45, 7) is 3.01. The van der Waals surface area contributed by atoms with Crippen molar-refractivity contribution in [3.05, 3.63) is 47.0 Å². The number of aromatic nitrogens is 1. The molecule has 2 heterocycles. The Morgan fingerprint density at radius 3 is 2.87 bits per heavy atom. The molecule has 0 bridgehead atoms. The molecule has 30 heavy (non-hydrogen) atoms. The van der Waals surface area contributed by atoms with Crippen LogP contribution in [-0.4, -0.2) is 43.9 Å². The molecule has 0 radical (unpaired) electrons. The number of ether oxygens (including phenoxy) is 3. The first-order valence-corrected chi connectivity index (χ1v) is 11.0. The fraction of sp³-hybridized carbons (Fsp3) is 0.364. The number of thiazole rings is 1. The zero-order valence-corrected chi connectivity index (χ0v) is 18.5. The number of hydrogen-bond acceptors (Lipinski definition) is 6. The van der Waals surface area contributed by atoms with E-state index in [0.29, 0.717) is 40.3 Å². The molecule has 0 spiro atoms. The van der Waals surface area contributed by atoms with Gasteiger partial charge in [0.2, 0.25) is 0 Å². The summed E-state index contributed by atoms with van der Waals surface area (Å²) in [5.74, 6) is 1.14. The van der Waals surface area contributed by atoms with Gasteiger partial charge in [0, 0.05) is 6.61 Å². The number of carbonyl (C=O) groups excluding carboxylic acids is 1. The van der Waals surface area contributed by atoms with E-state index >= 15 is 0 Å². The van der Waals surface area contributed by atoms with Crippen LogP contribution in [0.1, 0.15) is 18.4 Å². The number of hydrogen-bond donors (Lipinski definition) is 0. The number of fused-ring (bicyclic) bond motifs is 1. The van der Waals surface area contributed by atoms with Crippen molar-refractivity contribution in [1.29, 1.82) is 0 Å². The molecule has 1 aliphatic rings. The van der Waals surface area contributed by atoms with E-state index in [-0.39, 0.29) is 18.6 Å². The Bertz CT molecular complexity index is 1050. The zero-order chi connectivity index (χ0) is 21.1. The topological polar surface area (TPSA) is 60.9 Å². The smallest absolute Gasteiger partial charge is 0.266 e. The number of carbonyl (C=O) groups is 1. The average molecular weight is 447 g/mol.